The monoisotopic (exact) mass is 304 g/mol. The molecule has 0 aliphatic carbocycles. The van der Waals surface area contributed by atoms with E-state index in [0.717, 1.165) is 43.9 Å². The van der Waals surface area contributed by atoms with Crippen LogP contribution in [0.1, 0.15) is 39.0 Å². The summed E-state index contributed by atoms with van der Waals surface area (Å²) in [5, 5.41) is 3.04. The highest BCUT2D eigenvalue weighted by Crippen LogP contribution is 2.28. The van der Waals surface area contributed by atoms with Crippen LogP contribution in [-0.4, -0.2) is 41.7 Å². The second-order valence-corrected chi connectivity index (χ2v) is 6.07. The highest BCUT2D eigenvalue weighted by Gasteiger charge is 2.28. The van der Waals surface area contributed by atoms with Crippen LogP contribution in [0.15, 0.2) is 12.5 Å². The molecule has 6 nitrogen and oxygen atoms in total. The largest absolute Gasteiger partial charge is 0.378 e. The summed E-state index contributed by atoms with van der Waals surface area (Å²) >= 11 is 0. The summed E-state index contributed by atoms with van der Waals surface area (Å²) in [7, 11) is 0. The fourth-order valence-corrected chi connectivity index (χ4v) is 3.23. The van der Waals surface area contributed by atoms with Gasteiger partial charge in [0.15, 0.2) is 5.82 Å². The van der Waals surface area contributed by atoms with E-state index in [1.807, 2.05) is 0 Å². The van der Waals surface area contributed by atoms with Crippen molar-refractivity contribution in [2.24, 2.45) is 5.92 Å². The zero-order valence-corrected chi connectivity index (χ0v) is 13.1. The molecule has 1 aromatic rings. The summed E-state index contributed by atoms with van der Waals surface area (Å²) in [6, 6.07) is 0. The Bertz CT molecular complexity index is 517. The molecule has 1 amide bonds. The van der Waals surface area contributed by atoms with Gasteiger partial charge in [-0.25, -0.2) is 9.97 Å². The molecule has 2 saturated heterocycles. The average molecular weight is 304 g/mol. The predicted octanol–water partition coefficient (Wildman–Crippen LogP) is 2.22. The molecule has 0 spiro atoms. The molecule has 0 unspecified atom stereocenters. The molecule has 6 heteroatoms. The number of aromatic nitrogens is 2. The van der Waals surface area contributed by atoms with Crippen LogP contribution in [-0.2, 0) is 9.53 Å². The summed E-state index contributed by atoms with van der Waals surface area (Å²) < 4.78 is 5.65. The van der Waals surface area contributed by atoms with E-state index in [1.165, 1.54) is 12.8 Å². The minimum atomic E-state index is 0.0188. The van der Waals surface area contributed by atoms with Crippen LogP contribution in [0.25, 0.3) is 0 Å². The van der Waals surface area contributed by atoms with Crippen LogP contribution < -0.4 is 10.2 Å². The first kappa shape index (κ1) is 15.2. The third kappa shape index (κ3) is 3.38. The number of carbonyl (C=O) groups excluding carboxylic acids is 1. The molecule has 22 heavy (non-hydrogen) atoms. The molecular formula is C16H24N4O2. The molecule has 0 bridgehead atoms. The van der Waals surface area contributed by atoms with Crippen molar-refractivity contribution in [3.05, 3.63) is 12.5 Å². The quantitative estimate of drug-likeness (QED) is 0.924. The van der Waals surface area contributed by atoms with Crippen molar-refractivity contribution in [2.45, 2.75) is 45.1 Å². The van der Waals surface area contributed by atoms with E-state index in [0.29, 0.717) is 6.61 Å². The Morgan fingerprint density at radius 1 is 1.45 bits per heavy atom. The normalized spacial score (nSPS) is 25.2. The number of ether oxygens (including phenoxy) is 1. The smallest absolute Gasteiger partial charge is 0.227 e. The standard InChI is InChI=1S/C16H24N4O2/c1-2-13-9-12(5-8-22-13)16(21)19-14-10-17-11-18-15(14)20-6-3-4-7-20/h10-13H,2-9H2,1H3,(H,19,21)/t12-,13-/m0/s1. The van der Waals surface area contributed by atoms with Gasteiger partial charge in [0.25, 0.3) is 0 Å². The van der Waals surface area contributed by atoms with Gasteiger partial charge < -0.3 is 15.0 Å². The van der Waals surface area contributed by atoms with Gasteiger partial charge in [-0.3, -0.25) is 4.79 Å². The first-order valence-electron chi connectivity index (χ1n) is 8.25. The second kappa shape index (κ2) is 7.05. The number of nitrogens with zero attached hydrogens (tertiary/aromatic N) is 3. The van der Waals surface area contributed by atoms with Crippen LogP contribution in [0, 0.1) is 5.92 Å². The summed E-state index contributed by atoms with van der Waals surface area (Å²) in [6.07, 6.45) is 8.35. The fraction of sp³-hybridized carbons (Fsp3) is 0.688. The van der Waals surface area contributed by atoms with Gasteiger partial charge in [-0.2, -0.15) is 0 Å². The number of hydrogen-bond donors (Lipinski definition) is 1. The van der Waals surface area contributed by atoms with E-state index in [-0.39, 0.29) is 17.9 Å². The molecule has 120 valence electrons. The second-order valence-electron chi connectivity index (χ2n) is 6.07. The van der Waals surface area contributed by atoms with Crippen molar-refractivity contribution in [2.75, 3.05) is 29.9 Å². The Hall–Kier alpha value is -1.69. The van der Waals surface area contributed by atoms with E-state index >= 15 is 0 Å². The number of carbonyl (C=O) groups is 1. The topological polar surface area (TPSA) is 67.4 Å². The Balaban J connectivity index is 1.68. The first-order chi connectivity index (χ1) is 10.8. The van der Waals surface area contributed by atoms with Gasteiger partial charge in [-0.1, -0.05) is 6.92 Å². The van der Waals surface area contributed by atoms with Crippen molar-refractivity contribution in [1.82, 2.24) is 9.97 Å². The maximum atomic E-state index is 12.6. The van der Waals surface area contributed by atoms with Gasteiger partial charge in [-0.15, -0.1) is 0 Å². The Morgan fingerprint density at radius 3 is 3.05 bits per heavy atom. The molecule has 2 atom stereocenters. The molecule has 0 saturated carbocycles. The van der Waals surface area contributed by atoms with Crippen molar-refractivity contribution in [1.29, 1.82) is 0 Å². The summed E-state index contributed by atoms with van der Waals surface area (Å²) in [6.45, 7) is 4.76. The lowest BCUT2D eigenvalue weighted by Gasteiger charge is -2.28. The maximum Gasteiger partial charge on any atom is 0.227 e. The molecule has 3 heterocycles. The summed E-state index contributed by atoms with van der Waals surface area (Å²) in [5.41, 5.74) is 0.731. The van der Waals surface area contributed by atoms with Gasteiger partial charge in [-0.05, 0) is 32.1 Å². The molecule has 2 fully saturated rings. The fourth-order valence-electron chi connectivity index (χ4n) is 3.23. The van der Waals surface area contributed by atoms with E-state index in [2.05, 4.69) is 27.1 Å². The third-order valence-electron chi connectivity index (χ3n) is 4.55. The van der Waals surface area contributed by atoms with E-state index < -0.39 is 0 Å². The van der Waals surface area contributed by atoms with E-state index in [9.17, 15) is 4.79 Å². The van der Waals surface area contributed by atoms with Crippen molar-refractivity contribution in [3.63, 3.8) is 0 Å². The van der Waals surface area contributed by atoms with Crippen molar-refractivity contribution in [3.8, 4) is 0 Å². The Kier molecular flexibility index (Phi) is 4.87. The molecule has 1 N–H and O–H groups in total. The highest BCUT2D eigenvalue weighted by molar-refractivity contribution is 5.95. The van der Waals surface area contributed by atoms with Crippen molar-refractivity contribution >= 4 is 17.4 Å². The minimum Gasteiger partial charge on any atom is -0.378 e. The van der Waals surface area contributed by atoms with Gasteiger partial charge in [0, 0.05) is 25.6 Å². The van der Waals surface area contributed by atoms with E-state index in [4.69, 9.17) is 4.74 Å². The molecule has 0 radical (unpaired) electrons. The zero-order valence-electron chi connectivity index (χ0n) is 13.1. The number of amides is 1. The number of hydrogen-bond acceptors (Lipinski definition) is 5. The van der Waals surface area contributed by atoms with Crippen LogP contribution in [0.3, 0.4) is 0 Å². The minimum absolute atomic E-state index is 0.0188. The Morgan fingerprint density at radius 2 is 2.27 bits per heavy atom. The molecule has 3 rings (SSSR count). The van der Waals surface area contributed by atoms with E-state index in [1.54, 1.807) is 12.5 Å². The molecular weight excluding hydrogens is 280 g/mol. The molecule has 1 aromatic heterocycles. The van der Waals surface area contributed by atoms with Gasteiger partial charge in [0.05, 0.1) is 12.3 Å². The number of anilines is 2. The molecule has 0 aromatic carbocycles. The molecule has 2 aliphatic heterocycles. The summed E-state index contributed by atoms with van der Waals surface area (Å²) in [5.74, 6) is 0.933. The Labute approximate surface area is 131 Å². The van der Waals surface area contributed by atoms with Crippen LogP contribution in [0.4, 0.5) is 11.5 Å². The maximum absolute atomic E-state index is 12.6. The van der Waals surface area contributed by atoms with Crippen LogP contribution in [0.5, 0.6) is 0 Å². The SMILES string of the molecule is CC[C@H]1C[C@@H](C(=O)Nc2cncnc2N2CCCC2)CCO1. The van der Waals surface area contributed by atoms with Crippen LogP contribution in [0.2, 0.25) is 0 Å². The molecule has 2 aliphatic rings. The highest BCUT2D eigenvalue weighted by atomic mass is 16.5. The summed E-state index contributed by atoms with van der Waals surface area (Å²) in [4.78, 5) is 23.2. The third-order valence-corrected chi connectivity index (χ3v) is 4.55. The van der Waals surface area contributed by atoms with Gasteiger partial charge in [0.2, 0.25) is 5.91 Å². The number of nitrogens with one attached hydrogen (secondary N) is 1. The van der Waals surface area contributed by atoms with Crippen LogP contribution >= 0.6 is 0 Å². The lowest BCUT2D eigenvalue weighted by Crippen LogP contribution is -2.33. The van der Waals surface area contributed by atoms with Crippen molar-refractivity contribution < 1.29 is 9.53 Å². The van der Waals surface area contributed by atoms with Gasteiger partial charge >= 0.3 is 0 Å². The van der Waals surface area contributed by atoms with Gasteiger partial charge in [0.1, 0.15) is 12.0 Å². The number of rotatable bonds is 4. The average Bonchev–Trinajstić information content (AvgIpc) is 3.09. The zero-order chi connectivity index (χ0) is 15.4. The predicted molar refractivity (Wildman–Crippen MR) is 84.9 cm³/mol. The lowest BCUT2D eigenvalue weighted by atomic mass is 9.93. The lowest BCUT2D eigenvalue weighted by molar-refractivity contribution is -0.124. The first-order valence-corrected chi connectivity index (χ1v) is 8.25.